The van der Waals surface area contributed by atoms with Crippen molar-refractivity contribution in [3.8, 4) is 0 Å². The van der Waals surface area contributed by atoms with Gasteiger partial charge in [0, 0.05) is 56.4 Å². The molecule has 0 radical (unpaired) electrons. The molecular weight excluding hydrogens is 294 g/mol. The van der Waals surface area contributed by atoms with Gasteiger partial charge in [-0.1, -0.05) is 0 Å². The highest BCUT2D eigenvalue weighted by Crippen LogP contribution is 2.34. The Balaban J connectivity index is 1.32. The summed E-state index contributed by atoms with van der Waals surface area (Å²) in [6.45, 7) is 8.96. The second kappa shape index (κ2) is 6.56. The van der Waals surface area contributed by atoms with E-state index in [0.717, 1.165) is 37.8 Å². The van der Waals surface area contributed by atoms with Crippen LogP contribution in [-0.4, -0.2) is 59.7 Å². The van der Waals surface area contributed by atoms with Crippen LogP contribution >= 0.6 is 11.3 Å². The zero-order valence-electron chi connectivity index (χ0n) is 13.5. The van der Waals surface area contributed by atoms with E-state index in [1.54, 1.807) is 11.3 Å². The second-order valence-corrected chi connectivity index (χ2v) is 8.13. The predicted molar refractivity (Wildman–Crippen MR) is 89.2 cm³/mol. The van der Waals surface area contributed by atoms with Gasteiger partial charge in [-0.25, -0.2) is 4.98 Å². The average Bonchev–Trinajstić information content (AvgIpc) is 3.23. The first-order valence-electron chi connectivity index (χ1n) is 8.74. The van der Waals surface area contributed by atoms with E-state index in [1.165, 1.54) is 55.9 Å². The van der Waals surface area contributed by atoms with Gasteiger partial charge in [0.2, 0.25) is 0 Å². The summed E-state index contributed by atoms with van der Waals surface area (Å²) < 4.78 is 5.56. The first-order chi connectivity index (χ1) is 10.8. The molecule has 4 nitrogen and oxygen atoms in total. The molecule has 1 saturated carbocycles. The first kappa shape index (κ1) is 15.1. The van der Waals surface area contributed by atoms with Crippen LogP contribution in [0.1, 0.15) is 36.3 Å². The van der Waals surface area contributed by atoms with E-state index < -0.39 is 0 Å². The standard InChI is InChI=1S/C17H27N3OS/c1-13-17(22-12-18-13)11-19-9-16(10-19)20(8-14-2-3-14)15-4-6-21-7-5-15/h12,14-16H,2-11H2,1H3. The van der Waals surface area contributed by atoms with E-state index in [0.29, 0.717) is 0 Å². The lowest BCUT2D eigenvalue weighted by molar-refractivity contribution is -0.0353. The molecule has 2 saturated heterocycles. The van der Waals surface area contributed by atoms with Crippen LogP contribution in [0.4, 0.5) is 0 Å². The van der Waals surface area contributed by atoms with Crippen molar-refractivity contribution in [2.45, 2.75) is 51.2 Å². The summed E-state index contributed by atoms with van der Waals surface area (Å²) in [6.07, 6.45) is 5.38. The van der Waals surface area contributed by atoms with E-state index in [1.807, 2.05) is 5.51 Å². The van der Waals surface area contributed by atoms with Gasteiger partial charge in [0.15, 0.2) is 0 Å². The third-order valence-corrected chi connectivity index (χ3v) is 6.36. The fourth-order valence-electron chi connectivity index (χ4n) is 3.77. The molecule has 122 valence electrons. The smallest absolute Gasteiger partial charge is 0.0798 e. The highest BCUT2D eigenvalue weighted by molar-refractivity contribution is 7.09. The number of aromatic nitrogens is 1. The number of hydrogen-bond acceptors (Lipinski definition) is 5. The van der Waals surface area contributed by atoms with Gasteiger partial charge in [0.25, 0.3) is 0 Å². The summed E-state index contributed by atoms with van der Waals surface area (Å²) in [4.78, 5) is 11.2. The van der Waals surface area contributed by atoms with E-state index >= 15 is 0 Å². The van der Waals surface area contributed by atoms with Crippen molar-refractivity contribution in [1.82, 2.24) is 14.8 Å². The minimum absolute atomic E-state index is 0.770. The summed E-state index contributed by atoms with van der Waals surface area (Å²) >= 11 is 1.80. The normalized spacial score (nSPS) is 24.8. The number of hydrogen-bond donors (Lipinski definition) is 0. The van der Waals surface area contributed by atoms with Crippen molar-refractivity contribution >= 4 is 11.3 Å². The van der Waals surface area contributed by atoms with Crippen molar-refractivity contribution in [2.24, 2.45) is 5.92 Å². The van der Waals surface area contributed by atoms with E-state index in [4.69, 9.17) is 4.74 Å². The minimum Gasteiger partial charge on any atom is -0.381 e. The first-order valence-corrected chi connectivity index (χ1v) is 9.62. The molecule has 0 aromatic carbocycles. The Morgan fingerprint density at radius 1 is 1.23 bits per heavy atom. The number of nitrogens with zero attached hydrogens (tertiary/aromatic N) is 3. The zero-order chi connectivity index (χ0) is 14.9. The molecule has 0 N–H and O–H groups in total. The minimum atomic E-state index is 0.770. The fraction of sp³-hybridized carbons (Fsp3) is 0.824. The molecule has 0 atom stereocenters. The molecule has 22 heavy (non-hydrogen) atoms. The van der Waals surface area contributed by atoms with Crippen LogP contribution in [0.25, 0.3) is 0 Å². The fourth-order valence-corrected chi connectivity index (χ4v) is 4.59. The van der Waals surface area contributed by atoms with Crippen LogP contribution in [0.3, 0.4) is 0 Å². The van der Waals surface area contributed by atoms with Gasteiger partial charge in [0.1, 0.15) is 0 Å². The quantitative estimate of drug-likeness (QED) is 0.805. The highest BCUT2D eigenvalue weighted by Gasteiger charge is 2.38. The molecule has 5 heteroatoms. The van der Waals surface area contributed by atoms with Gasteiger partial charge >= 0.3 is 0 Å². The summed E-state index contributed by atoms with van der Waals surface area (Å²) in [5, 5.41) is 0. The average molecular weight is 321 g/mol. The van der Waals surface area contributed by atoms with Crippen molar-refractivity contribution in [2.75, 3.05) is 32.8 Å². The van der Waals surface area contributed by atoms with Gasteiger partial charge in [-0.05, 0) is 38.5 Å². The van der Waals surface area contributed by atoms with Crippen molar-refractivity contribution < 1.29 is 4.74 Å². The molecule has 4 rings (SSSR count). The lowest BCUT2D eigenvalue weighted by Crippen LogP contribution is -2.62. The summed E-state index contributed by atoms with van der Waals surface area (Å²) in [6, 6.07) is 1.54. The van der Waals surface area contributed by atoms with Gasteiger partial charge in [-0.3, -0.25) is 9.80 Å². The van der Waals surface area contributed by atoms with E-state index in [9.17, 15) is 0 Å². The molecule has 0 spiro atoms. The van der Waals surface area contributed by atoms with Crippen LogP contribution in [0.5, 0.6) is 0 Å². The SMILES string of the molecule is Cc1ncsc1CN1CC(N(CC2CC2)C2CCOCC2)C1. The second-order valence-electron chi connectivity index (χ2n) is 7.19. The third-order valence-electron chi connectivity index (χ3n) is 5.44. The maximum atomic E-state index is 5.56. The van der Waals surface area contributed by atoms with Crippen LogP contribution in [0, 0.1) is 12.8 Å². The van der Waals surface area contributed by atoms with Crippen molar-refractivity contribution in [3.05, 3.63) is 16.1 Å². The Kier molecular flexibility index (Phi) is 4.49. The highest BCUT2D eigenvalue weighted by atomic mass is 32.1. The number of ether oxygens (including phenoxy) is 1. The molecule has 1 aromatic heterocycles. The maximum absolute atomic E-state index is 5.56. The van der Waals surface area contributed by atoms with Crippen molar-refractivity contribution in [3.63, 3.8) is 0 Å². The van der Waals surface area contributed by atoms with Crippen LogP contribution in [-0.2, 0) is 11.3 Å². The zero-order valence-corrected chi connectivity index (χ0v) is 14.4. The number of rotatable bonds is 6. The predicted octanol–water partition coefficient (Wildman–Crippen LogP) is 2.53. The molecule has 0 amide bonds. The molecular formula is C17H27N3OS. The number of likely N-dealkylation sites (tertiary alicyclic amines) is 1. The molecule has 0 unspecified atom stereocenters. The van der Waals surface area contributed by atoms with Gasteiger partial charge in [-0.15, -0.1) is 11.3 Å². The largest absolute Gasteiger partial charge is 0.381 e. The molecule has 3 fully saturated rings. The Morgan fingerprint density at radius 2 is 2.00 bits per heavy atom. The third kappa shape index (κ3) is 3.37. The molecule has 0 bridgehead atoms. The summed E-state index contributed by atoms with van der Waals surface area (Å²) in [7, 11) is 0. The number of aryl methyl sites for hydroxylation is 1. The van der Waals surface area contributed by atoms with E-state index in [-0.39, 0.29) is 0 Å². The topological polar surface area (TPSA) is 28.6 Å². The molecule has 3 heterocycles. The monoisotopic (exact) mass is 321 g/mol. The Hall–Kier alpha value is -0.490. The van der Waals surface area contributed by atoms with Crippen LogP contribution < -0.4 is 0 Å². The molecule has 2 aliphatic heterocycles. The molecule has 1 aliphatic carbocycles. The van der Waals surface area contributed by atoms with Gasteiger partial charge < -0.3 is 4.74 Å². The van der Waals surface area contributed by atoms with Gasteiger partial charge in [-0.2, -0.15) is 0 Å². The molecule has 1 aromatic rings. The Labute approximate surface area is 137 Å². The van der Waals surface area contributed by atoms with E-state index in [2.05, 4.69) is 21.7 Å². The van der Waals surface area contributed by atoms with Gasteiger partial charge in [0.05, 0.1) is 11.2 Å². The Morgan fingerprint density at radius 3 is 2.64 bits per heavy atom. The van der Waals surface area contributed by atoms with Crippen molar-refractivity contribution in [1.29, 1.82) is 0 Å². The number of thiazole rings is 1. The maximum Gasteiger partial charge on any atom is 0.0798 e. The lowest BCUT2D eigenvalue weighted by Gasteiger charge is -2.49. The van der Waals surface area contributed by atoms with Crippen LogP contribution in [0.15, 0.2) is 5.51 Å². The van der Waals surface area contributed by atoms with Crippen LogP contribution in [0.2, 0.25) is 0 Å². The molecule has 3 aliphatic rings. The Bertz CT molecular complexity index is 490. The summed E-state index contributed by atoms with van der Waals surface area (Å²) in [5.74, 6) is 0.987. The summed E-state index contributed by atoms with van der Waals surface area (Å²) in [5.41, 5.74) is 3.19. The lowest BCUT2D eigenvalue weighted by atomic mass is 9.99.